The fourth-order valence-electron chi connectivity index (χ4n) is 4.22. The van der Waals surface area contributed by atoms with Crippen molar-refractivity contribution < 1.29 is 23.9 Å². The van der Waals surface area contributed by atoms with Crippen LogP contribution in [0.25, 0.3) is 0 Å². The second-order valence-corrected chi connectivity index (χ2v) is 8.56. The van der Waals surface area contributed by atoms with Gasteiger partial charge in [0.1, 0.15) is 12.6 Å². The molecule has 1 saturated heterocycles. The first-order valence-corrected chi connectivity index (χ1v) is 11.6. The van der Waals surface area contributed by atoms with E-state index in [0.29, 0.717) is 46.9 Å². The summed E-state index contributed by atoms with van der Waals surface area (Å²) in [5, 5.41) is 8.35. The molecule has 0 aliphatic carbocycles. The number of amides is 4. The number of nitrogens with zero attached hydrogens (tertiary/aromatic N) is 1. The summed E-state index contributed by atoms with van der Waals surface area (Å²) in [5.74, 6) is -1.16. The van der Waals surface area contributed by atoms with Gasteiger partial charge in [0.25, 0.3) is 17.7 Å². The molecule has 3 N–H and O–H groups in total. The maximum atomic E-state index is 13.1. The lowest BCUT2D eigenvalue weighted by molar-refractivity contribution is -0.124. The Kier molecular flexibility index (Phi) is 6.46. The van der Waals surface area contributed by atoms with Gasteiger partial charge in [-0.1, -0.05) is 18.2 Å². The first-order valence-electron chi connectivity index (χ1n) is 11.6. The summed E-state index contributed by atoms with van der Waals surface area (Å²) in [5.41, 5.74) is 2.98. The van der Waals surface area contributed by atoms with E-state index >= 15 is 0 Å². The van der Waals surface area contributed by atoms with Crippen LogP contribution < -0.4 is 20.9 Å². The number of anilines is 4. The van der Waals surface area contributed by atoms with E-state index in [1.807, 2.05) is 0 Å². The van der Waals surface area contributed by atoms with Gasteiger partial charge in [-0.25, -0.2) is 0 Å². The number of hydrogen-bond donors (Lipinski definition) is 3. The summed E-state index contributed by atoms with van der Waals surface area (Å²) in [4.78, 5) is 51.6. The Bertz CT molecular complexity index is 1330. The first kappa shape index (κ1) is 23.3. The Hall–Kier alpha value is -4.50. The second-order valence-electron chi connectivity index (χ2n) is 8.56. The molecule has 1 fully saturated rings. The summed E-state index contributed by atoms with van der Waals surface area (Å²) in [6, 6.07) is 20.2. The van der Waals surface area contributed by atoms with Crippen LogP contribution in [-0.2, 0) is 14.3 Å². The molecular weight excluding hydrogens is 460 g/mol. The van der Waals surface area contributed by atoms with Crippen molar-refractivity contribution in [3.8, 4) is 0 Å². The molecule has 0 bridgehead atoms. The third-order valence-corrected chi connectivity index (χ3v) is 6.02. The standard InChI is InChI=1S/C27H24N4O5/c32-24-16-31(22-8-2-1-7-21(22)30-24)27(35)17-10-12-19(13-11-17)28-25(33)18-5-3-6-20(15-18)29-26(34)23-9-4-14-36-23/h1-3,5-8,10-13,15,23H,4,9,14,16H2,(H,28,33)(H,29,34)(H,30,32). The SMILES string of the molecule is O=C1CN(C(=O)c2ccc(NC(=O)c3cccc(NC(=O)C4CCCO4)c3)cc2)c2ccccc2N1. The second kappa shape index (κ2) is 10.0. The van der Waals surface area contributed by atoms with E-state index < -0.39 is 6.10 Å². The molecule has 0 aromatic heterocycles. The summed E-state index contributed by atoms with van der Waals surface area (Å²) < 4.78 is 5.39. The third kappa shape index (κ3) is 4.96. The topological polar surface area (TPSA) is 117 Å². The van der Waals surface area contributed by atoms with Crippen molar-refractivity contribution >= 4 is 46.4 Å². The highest BCUT2D eigenvalue weighted by Gasteiger charge is 2.27. The van der Waals surface area contributed by atoms with Gasteiger partial charge in [0.05, 0.1) is 11.4 Å². The molecule has 36 heavy (non-hydrogen) atoms. The molecule has 5 rings (SSSR count). The molecule has 2 heterocycles. The smallest absolute Gasteiger partial charge is 0.258 e. The van der Waals surface area contributed by atoms with E-state index in [2.05, 4.69) is 16.0 Å². The number of benzene rings is 3. The molecule has 2 aliphatic heterocycles. The van der Waals surface area contributed by atoms with Crippen LogP contribution >= 0.6 is 0 Å². The van der Waals surface area contributed by atoms with E-state index in [-0.39, 0.29) is 30.2 Å². The molecule has 2 aliphatic rings. The third-order valence-electron chi connectivity index (χ3n) is 6.02. The molecule has 3 aromatic carbocycles. The summed E-state index contributed by atoms with van der Waals surface area (Å²) in [6.07, 6.45) is 1.07. The predicted molar refractivity (Wildman–Crippen MR) is 135 cm³/mol. The molecule has 9 nitrogen and oxygen atoms in total. The lowest BCUT2D eigenvalue weighted by atomic mass is 10.1. The zero-order chi connectivity index (χ0) is 25.1. The minimum atomic E-state index is -0.462. The van der Waals surface area contributed by atoms with E-state index in [1.54, 1.807) is 72.8 Å². The minimum absolute atomic E-state index is 0.0753. The van der Waals surface area contributed by atoms with Crippen molar-refractivity contribution in [1.29, 1.82) is 0 Å². The van der Waals surface area contributed by atoms with Crippen LogP contribution in [0.5, 0.6) is 0 Å². The monoisotopic (exact) mass is 484 g/mol. The van der Waals surface area contributed by atoms with Crippen LogP contribution in [0.2, 0.25) is 0 Å². The lowest BCUT2D eigenvalue weighted by Crippen LogP contribution is -2.42. The Morgan fingerprint density at radius 3 is 2.47 bits per heavy atom. The molecule has 0 saturated carbocycles. The number of ether oxygens (including phenoxy) is 1. The van der Waals surface area contributed by atoms with Crippen molar-refractivity contribution in [3.05, 3.63) is 83.9 Å². The van der Waals surface area contributed by atoms with Gasteiger partial charge in [0, 0.05) is 29.1 Å². The van der Waals surface area contributed by atoms with E-state index in [1.165, 1.54) is 4.90 Å². The van der Waals surface area contributed by atoms with Crippen LogP contribution in [0, 0.1) is 0 Å². The van der Waals surface area contributed by atoms with Crippen LogP contribution in [0.1, 0.15) is 33.6 Å². The number of carbonyl (C=O) groups is 4. The minimum Gasteiger partial charge on any atom is -0.368 e. The molecule has 182 valence electrons. The Morgan fingerprint density at radius 1 is 0.889 bits per heavy atom. The molecule has 4 amide bonds. The average molecular weight is 485 g/mol. The van der Waals surface area contributed by atoms with Gasteiger partial charge in [-0.3, -0.25) is 24.1 Å². The normalized spacial score (nSPS) is 16.6. The molecular formula is C27H24N4O5. The molecule has 9 heteroatoms. The fraction of sp³-hybridized carbons (Fsp3) is 0.185. The molecule has 0 radical (unpaired) electrons. The number of para-hydroxylation sites is 2. The van der Waals surface area contributed by atoms with Gasteiger partial charge in [0.2, 0.25) is 5.91 Å². The number of carbonyl (C=O) groups excluding carboxylic acids is 4. The van der Waals surface area contributed by atoms with Gasteiger partial charge >= 0.3 is 0 Å². The maximum Gasteiger partial charge on any atom is 0.258 e. The van der Waals surface area contributed by atoms with Gasteiger partial charge in [-0.05, 0) is 67.4 Å². The zero-order valence-electron chi connectivity index (χ0n) is 19.3. The highest BCUT2D eigenvalue weighted by atomic mass is 16.5. The van der Waals surface area contributed by atoms with Crippen LogP contribution in [0.3, 0.4) is 0 Å². The van der Waals surface area contributed by atoms with E-state index in [9.17, 15) is 19.2 Å². The van der Waals surface area contributed by atoms with Gasteiger partial charge in [-0.15, -0.1) is 0 Å². The Balaban J connectivity index is 1.25. The Morgan fingerprint density at radius 2 is 1.69 bits per heavy atom. The Labute approximate surface area is 207 Å². The van der Waals surface area contributed by atoms with Gasteiger partial charge in [-0.2, -0.15) is 0 Å². The maximum absolute atomic E-state index is 13.1. The van der Waals surface area contributed by atoms with E-state index in [0.717, 1.165) is 6.42 Å². The quantitative estimate of drug-likeness (QED) is 0.511. The fourth-order valence-corrected chi connectivity index (χ4v) is 4.22. The van der Waals surface area contributed by atoms with Crippen molar-refractivity contribution in [1.82, 2.24) is 0 Å². The highest BCUT2D eigenvalue weighted by Crippen LogP contribution is 2.30. The first-order chi connectivity index (χ1) is 17.5. The lowest BCUT2D eigenvalue weighted by Gasteiger charge is -2.29. The number of hydrogen-bond acceptors (Lipinski definition) is 5. The van der Waals surface area contributed by atoms with Crippen LogP contribution in [0.15, 0.2) is 72.8 Å². The summed E-state index contributed by atoms with van der Waals surface area (Å²) >= 11 is 0. The number of nitrogens with one attached hydrogen (secondary N) is 3. The van der Waals surface area contributed by atoms with Crippen molar-refractivity contribution in [2.75, 3.05) is 34.0 Å². The molecule has 3 aromatic rings. The van der Waals surface area contributed by atoms with Crippen molar-refractivity contribution in [2.24, 2.45) is 0 Å². The summed E-state index contributed by atoms with van der Waals surface area (Å²) in [6.45, 7) is 0.500. The molecule has 0 spiro atoms. The largest absolute Gasteiger partial charge is 0.368 e. The number of fused-ring (bicyclic) bond motifs is 1. The van der Waals surface area contributed by atoms with Gasteiger partial charge < -0.3 is 20.7 Å². The molecule has 1 unspecified atom stereocenters. The molecule has 1 atom stereocenters. The van der Waals surface area contributed by atoms with Crippen LogP contribution in [-0.4, -0.2) is 42.9 Å². The predicted octanol–water partition coefficient (Wildman–Crippen LogP) is 3.66. The average Bonchev–Trinajstić information content (AvgIpc) is 3.44. The summed E-state index contributed by atoms with van der Waals surface area (Å²) in [7, 11) is 0. The van der Waals surface area contributed by atoms with E-state index in [4.69, 9.17) is 4.74 Å². The highest BCUT2D eigenvalue weighted by molar-refractivity contribution is 6.15. The number of rotatable bonds is 5. The van der Waals surface area contributed by atoms with Crippen LogP contribution in [0.4, 0.5) is 22.7 Å². The van der Waals surface area contributed by atoms with Gasteiger partial charge in [0.15, 0.2) is 0 Å². The van der Waals surface area contributed by atoms with Crippen molar-refractivity contribution in [2.45, 2.75) is 18.9 Å². The zero-order valence-corrected chi connectivity index (χ0v) is 19.3. The van der Waals surface area contributed by atoms with Crippen molar-refractivity contribution in [3.63, 3.8) is 0 Å².